The standard InChI is InChI=1S/C24H34N2O4/c1-6-28-21-16-19(17-22(29-7-2)23(21)30-8-3)24(27)25-15-9-10-18-11-13-20(14-12-18)26(4)5/h11-14,16-17H,6-10,15H2,1-5H3,(H,25,27). The molecule has 30 heavy (non-hydrogen) atoms. The Bertz CT molecular complexity index is 776. The highest BCUT2D eigenvalue weighted by Crippen LogP contribution is 2.39. The first-order valence-electron chi connectivity index (χ1n) is 10.6. The van der Waals surface area contributed by atoms with Crippen LogP contribution in [0.4, 0.5) is 5.69 Å². The number of hydrogen-bond donors (Lipinski definition) is 1. The number of carbonyl (C=O) groups is 1. The molecule has 2 aromatic carbocycles. The molecule has 2 aromatic rings. The average molecular weight is 415 g/mol. The van der Waals surface area contributed by atoms with E-state index in [0.717, 1.165) is 12.8 Å². The Kier molecular flexibility index (Phi) is 9.32. The van der Waals surface area contributed by atoms with Crippen molar-refractivity contribution in [1.82, 2.24) is 5.32 Å². The Hall–Kier alpha value is -2.89. The third kappa shape index (κ3) is 6.58. The molecule has 1 amide bonds. The minimum absolute atomic E-state index is 0.150. The van der Waals surface area contributed by atoms with Crippen molar-refractivity contribution >= 4 is 11.6 Å². The van der Waals surface area contributed by atoms with E-state index in [0.29, 0.717) is 49.2 Å². The van der Waals surface area contributed by atoms with Gasteiger partial charge in [0, 0.05) is 31.9 Å². The maximum atomic E-state index is 12.7. The summed E-state index contributed by atoms with van der Waals surface area (Å²) in [5.74, 6) is 1.44. The summed E-state index contributed by atoms with van der Waals surface area (Å²) in [6.45, 7) is 7.73. The van der Waals surface area contributed by atoms with Gasteiger partial charge in [0.25, 0.3) is 5.91 Å². The lowest BCUT2D eigenvalue weighted by Crippen LogP contribution is -2.25. The maximum Gasteiger partial charge on any atom is 0.251 e. The van der Waals surface area contributed by atoms with Crippen molar-refractivity contribution in [3.63, 3.8) is 0 Å². The number of nitrogens with one attached hydrogen (secondary N) is 1. The van der Waals surface area contributed by atoms with Gasteiger partial charge in [0.1, 0.15) is 0 Å². The van der Waals surface area contributed by atoms with Gasteiger partial charge in [-0.05, 0) is 63.4 Å². The Morgan fingerprint density at radius 2 is 1.47 bits per heavy atom. The highest BCUT2D eigenvalue weighted by Gasteiger charge is 2.18. The smallest absolute Gasteiger partial charge is 0.251 e. The van der Waals surface area contributed by atoms with Gasteiger partial charge < -0.3 is 24.4 Å². The summed E-state index contributed by atoms with van der Waals surface area (Å²) in [4.78, 5) is 14.8. The maximum absolute atomic E-state index is 12.7. The SMILES string of the molecule is CCOc1cc(C(=O)NCCCc2ccc(N(C)C)cc2)cc(OCC)c1OCC. The van der Waals surface area contributed by atoms with E-state index in [1.54, 1.807) is 12.1 Å². The predicted octanol–water partition coefficient (Wildman–Crippen LogP) is 4.31. The van der Waals surface area contributed by atoms with Crippen molar-refractivity contribution < 1.29 is 19.0 Å². The fourth-order valence-electron chi connectivity index (χ4n) is 3.08. The molecule has 164 valence electrons. The van der Waals surface area contributed by atoms with Crippen LogP contribution in [0.25, 0.3) is 0 Å². The van der Waals surface area contributed by atoms with Crippen LogP contribution >= 0.6 is 0 Å². The number of carbonyl (C=O) groups excluding carboxylic acids is 1. The minimum Gasteiger partial charge on any atom is -0.490 e. The summed E-state index contributed by atoms with van der Waals surface area (Å²) < 4.78 is 17.1. The highest BCUT2D eigenvalue weighted by molar-refractivity contribution is 5.95. The fraction of sp³-hybridized carbons (Fsp3) is 0.458. The van der Waals surface area contributed by atoms with Crippen LogP contribution in [0.1, 0.15) is 43.1 Å². The lowest BCUT2D eigenvalue weighted by Gasteiger charge is -2.17. The molecule has 0 bridgehead atoms. The van der Waals surface area contributed by atoms with Crippen molar-refractivity contribution in [2.24, 2.45) is 0 Å². The third-order valence-electron chi connectivity index (χ3n) is 4.55. The van der Waals surface area contributed by atoms with Crippen molar-refractivity contribution in [3.8, 4) is 17.2 Å². The molecule has 0 saturated carbocycles. The summed E-state index contributed by atoms with van der Waals surface area (Å²) in [5.41, 5.74) is 2.94. The van der Waals surface area contributed by atoms with Crippen LogP contribution in [-0.4, -0.2) is 46.4 Å². The number of aryl methyl sites for hydroxylation is 1. The summed E-state index contributed by atoms with van der Waals surface area (Å²) in [5, 5.41) is 2.99. The van der Waals surface area contributed by atoms with Gasteiger partial charge in [0.15, 0.2) is 11.5 Å². The molecular formula is C24H34N2O4. The Labute approximate surface area is 180 Å². The van der Waals surface area contributed by atoms with Gasteiger partial charge in [-0.15, -0.1) is 0 Å². The minimum atomic E-state index is -0.150. The van der Waals surface area contributed by atoms with Gasteiger partial charge in [0.2, 0.25) is 5.75 Å². The molecule has 0 spiro atoms. The highest BCUT2D eigenvalue weighted by atomic mass is 16.5. The van der Waals surface area contributed by atoms with Gasteiger partial charge in [-0.1, -0.05) is 12.1 Å². The van der Waals surface area contributed by atoms with Gasteiger partial charge >= 0.3 is 0 Å². The van der Waals surface area contributed by atoms with Crippen LogP contribution in [0.5, 0.6) is 17.2 Å². The number of ether oxygens (including phenoxy) is 3. The molecular weight excluding hydrogens is 380 g/mol. The molecule has 0 radical (unpaired) electrons. The fourth-order valence-corrected chi connectivity index (χ4v) is 3.08. The number of benzene rings is 2. The molecule has 0 heterocycles. The normalized spacial score (nSPS) is 10.4. The first-order valence-corrected chi connectivity index (χ1v) is 10.6. The zero-order valence-corrected chi connectivity index (χ0v) is 18.8. The van der Waals surface area contributed by atoms with Crippen LogP contribution in [0.15, 0.2) is 36.4 Å². The molecule has 0 unspecified atom stereocenters. The monoisotopic (exact) mass is 414 g/mol. The first kappa shape index (κ1) is 23.4. The molecule has 6 nitrogen and oxygen atoms in total. The van der Waals surface area contributed by atoms with Crippen molar-refractivity contribution in [1.29, 1.82) is 0 Å². The van der Waals surface area contributed by atoms with E-state index in [4.69, 9.17) is 14.2 Å². The average Bonchev–Trinajstić information content (AvgIpc) is 2.73. The third-order valence-corrected chi connectivity index (χ3v) is 4.55. The zero-order chi connectivity index (χ0) is 21.9. The van der Waals surface area contributed by atoms with Gasteiger partial charge in [-0.3, -0.25) is 4.79 Å². The first-order chi connectivity index (χ1) is 14.5. The van der Waals surface area contributed by atoms with Crippen molar-refractivity contribution in [2.45, 2.75) is 33.6 Å². The molecule has 2 rings (SSSR count). The number of rotatable bonds is 12. The van der Waals surface area contributed by atoms with E-state index in [1.807, 2.05) is 34.9 Å². The summed E-state index contributed by atoms with van der Waals surface area (Å²) in [6.07, 6.45) is 1.77. The summed E-state index contributed by atoms with van der Waals surface area (Å²) >= 11 is 0. The lowest BCUT2D eigenvalue weighted by molar-refractivity contribution is 0.0952. The molecule has 0 aliphatic heterocycles. The lowest BCUT2D eigenvalue weighted by atomic mass is 10.1. The van der Waals surface area contributed by atoms with Crippen molar-refractivity contribution in [3.05, 3.63) is 47.5 Å². The van der Waals surface area contributed by atoms with Crippen LogP contribution in [-0.2, 0) is 6.42 Å². The Morgan fingerprint density at radius 3 is 1.97 bits per heavy atom. The van der Waals surface area contributed by atoms with Gasteiger partial charge in [-0.2, -0.15) is 0 Å². The molecule has 0 aliphatic carbocycles. The van der Waals surface area contributed by atoms with E-state index < -0.39 is 0 Å². The van der Waals surface area contributed by atoms with Gasteiger partial charge in [0.05, 0.1) is 19.8 Å². The largest absolute Gasteiger partial charge is 0.490 e. The molecule has 0 aromatic heterocycles. The molecule has 0 fully saturated rings. The van der Waals surface area contributed by atoms with Crippen molar-refractivity contribution in [2.75, 3.05) is 45.4 Å². The molecule has 0 saturated heterocycles. The Morgan fingerprint density at radius 1 is 0.900 bits per heavy atom. The second-order valence-electron chi connectivity index (χ2n) is 7.02. The topological polar surface area (TPSA) is 60.0 Å². The van der Waals surface area contributed by atoms with Crippen LogP contribution in [0, 0.1) is 0 Å². The zero-order valence-electron chi connectivity index (χ0n) is 18.8. The number of amides is 1. The van der Waals surface area contributed by atoms with E-state index >= 15 is 0 Å². The van der Waals surface area contributed by atoms with Gasteiger partial charge in [-0.25, -0.2) is 0 Å². The second kappa shape index (κ2) is 12.0. The number of nitrogens with zero attached hydrogens (tertiary/aromatic N) is 1. The number of hydrogen-bond acceptors (Lipinski definition) is 5. The van der Waals surface area contributed by atoms with E-state index in [2.05, 4.69) is 34.5 Å². The predicted molar refractivity (Wildman–Crippen MR) is 121 cm³/mol. The molecule has 1 N–H and O–H groups in total. The van der Waals surface area contributed by atoms with Crippen LogP contribution in [0.3, 0.4) is 0 Å². The summed E-state index contributed by atoms with van der Waals surface area (Å²) in [6, 6.07) is 11.9. The van der Waals surface area contributed by atoms with E-state index in [9.17, 15) is 4.79 Å². The number of anilines is 1. The van der Waals surface area contributed by atoms with Crippen LogP contribution < -0.4 is 24.4 Å². The molecule has 6 heteroatoms. The van der Waals surface area contributed by atoms with Crippen LogP contribution in [0.2, 0.25) is 0 Å². The second-order valence-corrected chi connectivity index (χ2v) is 7.02. The molecule has 0 aliphatic rings. The Balaban J connectivity index is 1.99. The van der Waals surface area contributed by atoms with E-state index in [-0.39, 0.29) is 5.91 Å². The quantitative estimate of drug-likeness (QED) is 0.525. The summed E-state index contributed by atoms with van der Waals surface area (Å²) in [7, 11) is 4.05. The van der Waals surface area contributed by atoms with E-state index in [1.165, 1.54) is 11.3 Å². The molecule has 0 atom stereocenters.